The van der Waals surface area contributed by atoms with Crippen LogP contribution in [0, 0.1) is 5.92 Å². The molecule has 0 aliphatic carbocycles. The molecule has 0 unspecified atom stereocenters. The first kappa shape index (κ1) is 16.3. The first-order valence-electron chi connectivity index (χ1n) is 8.62. The number of aliphatic carboxylic acids is 1. The van der Waals surface area contributed by atoms with Crippen LogP contribution in [0.3, 0.4) is 0 Å². The Bertz CT molecular complexity index is 848. The van der Waals surface area contributed by atoms with E-state index in [1.165, 1.54) is 4.90 Å². The topological polar surface area (TPSA) is 77.9 Å². The third-order valence-corrected chi connectivity index (χ3v) is 5.11. The number of carboxylic acids is 1. The number of benzene rings is 2. The number of imide groups is 1. The molecule has 1 N–H and O–H groups in total. The first-order chi connectivity index (χ1) is 12.6. The summed E-state index contributed by atoms with van der Waals surface area (Å²) in [6.45, 7) is 1.37. The number of nitrogens with zero attached hydrogens (tertiary/aromatic N) is 2. The van der Waals surface area contributed by atoms with Gasteiger partial charge in [0.05, 0.1) is 22.7 Å². The van der Waals surface area contributed by atoms with E-state index in [1.54, 1.807) is 36.4 Å². The Labute approximate surface area is 150 Å². The predicted octanol–water partition coefficient (Wildman–Crippen LogP) is 2.79. The Balaban J connectivity index is 1.52. The smallest absolute Gasteiger partial charge is 0.306 e. The maximum absolute atomic E-state index is 12.5. The van der Waals surface area contributed by atoms with Gasteiger partial charge < -0.3 is 10.0 Å². The molecule has 4 rings (SSSR count). The summed E-state index contributed by atoms with van der Waals surface area (Å²) in [6, 6.07) is 14.1. The van der Waals surface area contributed by atoms with Crippen LogP contribution in [0.5, 0.6) is 0 Å². The summed E-state index contributed by atoms with van der Waals surface area (Å²) in [4.78, 5) is 39.5. The van der Waals surface area contributed by atoms with Crippen LogP contribution < -0.4 is 9.80 Å². The summed E-state index contributed by atoms with van der Waals surface area (Å²) >= 11 is 0. The Kier molecular flexibility index (Phi) is 3.95. The van der Waals surface area contributed by atoms with E-state index in [-0.39, 0.29) is 17.7 Å². The molecule has 0 aromatic heterocycles. The number of carbonyl (C=O) groups excluding carboxylic acids is 2. The molecule has 6 heteroatoms. The summed E-state index contributed by atoms with van der Waals surface area (Å²) in [5.74, 6) is -1.62. The van der Waals surface area contributed by atoms with E-state index in [2.05, 4.69) is 4.90 Å². The standard InChI is InChI=1S/C20H18N2O4/c23-18-16-3-1-2-4-17(16)19(24)22(18)15-7-5-14(6-8-15)21-11-9-13(10-12-21)20(25)26/h1-8,13H,9-12H2,(H,25,26). The number of fused-ring (bicyclic) bond motifs is 1. The number of rotatable bonds is 3. The van der Waals surface area contributed by atoms with E-state index >= 15 is 0 Å². The summed E-state index contributed by atoms with van der Waals surface area (Å²) in [6.07, 6.45) is 1.24. The molecule has 2 aliphatic heterocycles. The van der Waals surface area contributed by atoms with Crippen molar-refractivity contribution in [3.05, 3.63) is 59.7 Å². The van der Waals surface area contributed by atoms with Crippen LogP contribution in [-0.2, 0) is 4.79 Å². The highest BCUT2D eigenvalue weighted by atomic mass is 16.4. The van der Waals surface area contributed by atoms with Gasteiger partial charge in [0.1, 0.15) is 0 Å². The second-order valence-electron chi connectivity index (χ2n) is 6.61. The fraction of sp³-hybridized carbons (Fsp3) is 0.250. The summed E-state index contributed by atoms with van der Waals surface area (Å²) in [7, 11) is 0. The van der Waals surface area contributed by atoms with Crippen molar-refractivity contribution in [3.8, 4) is 0 Å². The van der Waals surface area contributed by atoms with Gasteiger partial charge in [0, 0.05) is 18.8 Å². The van der Waals surface area contributed by atoms with E-state index in [4.69, 9.17) is 5.11 Å². The van der Waals surface area contributed by atoms with Gasteiger partial charge in [-0.3, -0.25) is 14.4 Å². The molecule has 0 spiro atoms. The van der Waals surface area contributed by atoms with Crippen LogP contribution in [-0.4, -0.2) is 36.0 Å². The van der Waals surface area contributed by atoms with Gasteiger partial charge in [-0.05, 0) is 49.2 Å². The van der Waals surface area contributed by atoms with Gasteiger partial charge in [0.2, 0.25) is 0 Å². The minimum absolute atomic E-state index is 0.274. The minimum atomic E-state index is -0.731. The molecule has 1 fully saturated rings. The van der Waals surface area contributed by atoms with Crippen LogP contribution in [0.2, 0.25) is 0 Å². The lowest BCUT2D eigenvalue weighted by molar-refractivity contribution is -0.142. The lowest BCUT2D eigenvalue weighted by Gasteiger charge is -2.32. The van der Waals surface area contributed by atoms with Crippen LogP contribution >= 0.6 is 0 Å². The van der Waals surface area contributed by atoms with Crippen molar-refractivity contribution in [1.82, 2.24) is 0 Å². The zero-order valence-electron chi connectivity index (χ0n) is 14.1. The number of carbonyl (C=O) groups is 3. The molecule has 132 valence electrons. The molecule has 2 aromatic carbocycles. The Morgan fingerprint density at radius 1 is 0.846 bits per heavy atom. The average Bonchev–Trinajstić information content (AvgIpc) is 2.93. The zero-order valence-corrected chi connectivity index (χ0v) is 14.1. The van der Waals surface area contributed by atoms with Gasteiger partial charge >= 0.3 is 5.97 Å². The number of carboxylic acid groups (broad SMARTS) is 1. The van der Waals surface area contributed by atoms with Crippen LogP contribution in [0.1, 0.15) is 33.6 Å². The maximum atomic E-state index is 12.5. The molecule has 2 aliphatic rings. The zero-order chi connectivity index (χ0) is 18.3. The normalized spacial score (nSPS) is 17.5. The molecule has 6 nitrogen and oxygen atoms in total. The van der Waals surface area contributed by atoms with Gasteiger partial charge in [0.15, 0.2) is 0 Å². The van der Waals surface area contributed by atoms with E-state index < -0.39 is 5.97 Å². The SMILES string of the molecule is O=C(O)C1CCN(c2ccc(N3C(=O)c4ccccc4C3=O)cc2)CC1. The number of hydrogen-bond donors (Lipinski definition) is 1. The summed E-state index contributed by atoms with van der Waals surface area (Å²) in [5, 5.41) is 9.09. The predicted molar refractivity (Wildman–Crippen MR) is 96.6 cm³/mol. The second-order valence-corrected chi connectivity index (χ2v) is 6.61. The fourth-order valence-electron chi connectivity index (χ4n) is 3.62. The fourth-order valence-corrected chi connectivity index (χ4v) is 3.62. The molecule has 0 radical (unpaired) electrons. The molecule has 2 amide bonds. The van der Waals surface area contributed by atoms with E-state index in [0.717, 1.165) is 5.69 Å². The van der Waals surface area contributed by atoms with Crippen molar-refractivity contribution in [1.29, 1.82) is 0 Å². The molecule has 2 heterocycles. The number of hydrogen-bond acceptors (Lipinski definition) is 4. The van der Waals surface area contributed by atoms with Gasteiger partial charge in [0.25, 0.3) is 11.8 Å². The van der Waals surface area contributed by atoms with Crippen LogP contribution in [0.15, 0.2) is 48.5 Å². The third-order valence-electron chi connectivity index (χ3n) is 5.11. The summed E-state index contributed by atoms with van der Waals surface area (Å²) in [5.41, 5.74) is 2.37. The highest BCUT2D eigenvalue weighted by Crippen LogP contribution is 2.30. The maximum Gasteiger partial charge on any atom is 0.306 e. The third kappa shape index (κ3) is 2.63. The Morgan fingerprint density at radius 2 is 1.35 bits per heavy atom. The molecule has 0 atom stereocenters. The highest BCUT2D eigenvalue weighted by Gasteiger charge is 2.36. The van der Waals surface area contributed by atoms with Gasteiger partial charge in [-0.25, -0.2) is 4.90 Å². The largest absolute Gasteiger partial charge is 0.481 e. The van der Waals surface area contributed by atoms with Gasteiger partial charge in [-0.2, -0.15) is 0 Å². The molecule has 1 saturated heterocycles. The van der Waals surface area contributed by atoms with E-state index in [9.17, 15) is 14.4 Å². The Hall–Kier alpha value is -3.15. The average molecular weight is 350 g/mol. The van der Waals surface area contributed by atoms with Crippen molar-refractivity contribution < 1.29 is 19.5 Å². The van der Waals surface area contributed by atoms with E-state index in [1.807, 2.05) is 12.1 Å². The molecule has 26 heavy (non-hydrogen) atoms. The summed E-state index contributed by atoms with van der Waals surface area (Å²) < 4.78 is 0. The lowest BCUT2D eigenvalue weighted by Crippen LogP contribution is -2.36. The minimum Gasteiger partial charge on any atom is -0.481 e. The number of piperidine rings is 1. The van der Waals surface area contributed by atoms with Crippen molar-refractivity contribution in [3.63, 3.8) is 0 Å². The van der Waals surface area contributed by atoms with Gasteiger partial charge in [-0.15, -0.1) is 0 Å². The van der Waals surface area contributed by atoms with Crippen LogP contribution in [0.25, 0.3) is 0 Å². The van der Waals surface area contributed by atoms with Crippen molar-refractivity contribution in [2.45, 2.75) is 12.8 Å². The molecule has 0 bridgehead atoms. The van der Waals surface area contributed by atoms with Crippen molar-refractivity contribution >= 4 is 29.2 Å². The molecule has 0 saturated carbocycles. The van der Waals surface area contributed by atoms with Crippen LogP contribution in [0.4, 0.5) is 11.4 Å². The molecule has 2 aromatic rings. The van der Waals surface area contributed by atoms with Crippen molar-refractivity contribution in [2.24, 2.45) is 5.92 Å². The second kappa shape index (κ2) is 6.29. The lowest BCUT2D eigenvalue weighted by atomic mass is 9.97. The first-order valence-corrected chi connectivity index (χ1v) is 8.62. The quantitative estimate of drug-likeness (QED) is 0.861. The molecular weight excluding hydrogens is 332 g/mol. The highest BCUT2D eigenvalue weighted by molar-refractivity contribution is 6.34. The molecular formula is C20H18N2O4. The van der Waals surface area contributed by atoms with Crippen molar-refractivity contribution in [2.75, 3.05) is 22.9 Å². The monoisotopic (exact) mass is 350 g/mol. The van der Waals surface area contributed by atoms with Gasteiger partial charge in [-0.1, -0.05) is 12.1 Å². The number of anilines is 2. The Morgan fingerprint density at radius 3 is 1.85 bits per heavy atom. The number of amides is 2. The van der Waals surface area contributed by atoms with E-state index in [0.29, 0.717) is 42.7 Å².